The molecule has 0 bridgehead atoms. The minimum Gasteiger partial charge on any atom is -0.365 e. The Bertz CT molecular complexity index is 430. The first-order valence-electron chi connectivity index (χ1n) is 6.49. The van der Waals surface area contributed by atoms with E-state index in [1.54, 1.807) is 6.20 Å². The fraction of sp³-hybridized carbons (Fsp3) is 0.692. The van der Waals surface area contributed by atoms with Gasteiger partial charge in [-0.25, -0.2) is 0 Å². The highest BCUT2D eigenvalue weighted by molar-refractivity contribution is 5.76. The van der Waals surface area contributed by atoms with E-state index in [-0.39, 0.29) is 5.91 Å². The molecule has 2 heterocycles. The van der Waals surface area contributed by atoms with Crippen LogP contribution in [0.15, 0.2) is 6.20 Å². The van der Waals surface area contributed by atoms with Crippen LogP contribution in [0.25, 0.3) is 0 Å². The summed E-state index contributed by atoms with van der Waals surface area (Å²) in [6.45, 7) is 7.89. The first-order valence-corrected chi connectivity index (χ1v) is 6.49. The van der Waals surface area contributed by atoms with Crippen LogP contribution in [0.3, 0.4) is 0 Å². The monoisotopic (exact) mass is 251 g/mol. The number of aromatic amines is 1. The van der Waals surface area contributed by atoms with Crippen molar-refractivity contribution in [3.8, 4) is 0 Å². The number of ether oxygens (including phenoxy) is 1. The first-order chi connectivity index (χ1) is 8.57. The topological polar surface area (TPSA) is 58.2 Å². The molecular formula is C13H21N3O2. The molecule has 0 radical (unpaired) electrons. The van der Waals surface area contributed by atoms with Gasteiger partial charge in [0.05, 0.1) is 25.0 Å². The molecule has 5 heteroatoms. The van der Waals surface area contributed by atoms with E-state index in [1.807, 2.05) is 25.7 Å². The quantitative estimate of drug-likeness (QED) is 0.887. The number of aryl methyl sites for hydroxylation is 1. The fourth-order valence-electron chi connectivity index (χ4n) is 2.49. The average molecular weight is 251 g/mol. The van der Waals surface area contributed by atoms with E-state index in [0.717, 1.165) is 17.7 Å². The molecule has 1 saturated heterocycles. The van der Waals surface area contributed by atoms with Crippen LogP contribution in [0.5, 0.6) is 0 Å². The van der Waals surface area contributed by atoms with Crippen molar-refractivity contribution in [2.45, 2.75) is 39.2 Å². The summed E-state index contributed by atoms with van der Waals surface area (Å²) in [5, 5.41) is 7.03. The zero-order chi connectivity index (χ0) is 13.2. The molecule has 100 valence electrons. The lowest BCUT2D eigenvalue weighted by Crippen LogP contribution is -2.50. The third kappa shape index (κ3) is 2.41. The molecule has 5 nitrogen and oxygen atoms in total. The molecule has 1 atom stereocenters. The molecule has 0 unspecified atom stereocenters. The van der Waals surface area contributed by atoms with Gasteiger partial charge in [0.25, 0.3) is 0 Å². The van der Waals surface area contributed by atoms with E-state index >= 15 is 0 Å². The van der Waals surface area contributed by atoms with E-state index < -0.39 is 5.60 Å². The number of nitrogens with one attached hydrogen (secondary N) is 1. The minimum absolute atomic E-state index is 0.212. The molecule has 1 N–H and O–H groups in total. The smallest absolute Gasteiger partial charge is 0.222 e. The zero-order valence-electron chi connectivity index (χ0n) is 11.3. The molecule has 1 aliphatic rings. The molecule has 0 saturated carbocycles. The Morgan fingerprint density at radius 1 is 1.67 bits per heavy atom. The Hall–Kier alpha value is -1.36. The zero-order valence-corrected chi connectivity index (χ0v) is 11.3. The summed E-state index contributed by atoms with van der Waals surface area (Å²) >= 11 is 0. The van der Waals surface area contributed by atoms with Crippen molar-refractivity contribution in [2.24, 2.45) is 0 Å². The third-order valence-corrected chi connectivity index (χ3v) is 3.45. The Morgan fingerprint density at radius 3 is 3.06 bits per heavy atom. The van der Waals surface area contributed by atoms with Gasteiger partial charge in [0, 0.05) is 13.0 Å². The molecule has 2 rings (SSSR count). The van der Waals surface area contributed by atoms with Gasteiger partial charge in [-0.15, -0.1) is 0 Å². The number of carbonyl (C=O) groups is 1. The Labute approximate surface area is 108 Å². The molecule has 1 fully saturated rings. The van der Waals surface area contributed by atoms with Crippen molar-refractivity contribution in [1.29, 1.82) is 0 Å². The van der Waals surface area contributed by atoms with Crippen LogP contribution in [-0.4, -0.2) is 40.7 Å². The lowest BCUT2D eigenvalue weighted by molar-refractivity contribution is -0.150. The van der Waals surface area contributed by atoms with Crippen molar-refractivity contribution in [2.75, 3.05) is 19.7 Å². The van der Waals surface area contributed by atoms with Crippen LogP contribution in [0.1, 0.15) is 37.9 Å². The molecule has 1 aromatic heterocycles. The third-order valence-electron chi connectivity index (χ3n) is 3.45. The second kappa shape index (κ2) is 5.10. The molecule has 1 amide bonds. The highest BCUT2D eigenvalue weighted by Gasteiger charge is 2.37. The number of hydrogen-bond acceptors (Lipinski definition) is 3. The molecule has 0 spiro atoms. The maximum Gasteiger partial charge on any atom is 0.222 e. The largest absolute Gasteiger partial charge is 0.365 e. The van der Waals surface area contributed by atoms with Crippen molar-refractivity contribution in [3.05, 3.63) is 17.5 Å². The second-order valence-electron chi connectivity index (χ2n) is 5.07. The average Bonchev–Trinajstić information content (AvgIpc) is 2.76. The Balaban J connectivity index is 2.15. The summed E-state index contributed by atoms with van der Waals surface area (Å²) in [6, 6.07) is 0. The molecular weight excluding hydrogens is 230 g/mol. The van der Waals surface area contributed by atoms with E-state index in [4.69, 9.17) is 4.74 Å². The van der Waals surface area contributed by atoms with Crippen LogP contribution in [0.2, 0.25) is 0 Å². The number of aromatic nitrogens is 2. The number of nitrogens with zero attached hydrogens (tertiary/aromatic N) is 2. The second-order valence-corrected chi connectivity index (χ2v) is 5.07. The lowest BCUT2D eigenvalue weighted by atomic mass is 9.96. The molecule has 1 aromatic rings. The van der Waals surface area contributed by atoms with E-state index in [0.29, 0.717) is 26.1 Å². The number of H-pyrrole nitrogens is 1. The van der Waals surface area contributed by atoms with Crippen molar-refractivity contribution >= 4 is 5.91 Å². The van der Waals surface area contributed by atoms with Crippen molar-refractivity contribution < 1.29 is 9.53 Å². The SMILES string of the molecule is CCCC(=O)N1CCO[C@@](C)(c2[nH]ncc2C)C1. The molecule has 18 heavy (non-hydrogen) atoms. The van der Waals surface area contributed by atoms with Gasteiger partial charge >= 0.3 is 0 Å². The standard InChI is InChI=1S/C13H21N3O2/c1-4-5-11(17)16-6-7-18-13(3,9-16)12-10(2)8-14-15-12/h8H,4-7,9H2,1-3H3,(H,14,15)/t13-/m1/s1. The number of carbonyl (C=O) groups excluding carboxylic acids is 1. The summed E-state index contributed by atoms with van der Waals surface area (Å²) in [6.07, 6.45) is 3.28. The molecule has 0 aliphatic carbocycles. The van der Waals surface area contributed by atoms with Gasteiger partial charge in [0.2, 0.25) is 5.91 Å². The minimum atomic E-state index is -0.470. The predicted molar refractivity (Wildman–Crippen MR) is 68.1 cm³/mol. The van der Waals surface area contributed by atoms with Gasteiger partial charge in [0.1, 0.15) is 5.60 Å². The van der Waals surface area contributed by atoms with Crippen LogP contribution in [-0.2, 0) is 15.1 Å². The number of rotatable bonds is 3. The fourth-order valence-corrected chi connectivity index (χ4v) is 2.49. The normalized spacial score (nSPS) is 24.3. The summed E-state index contributed by atoms with van der Waals surface area (Å²) in [5.74, 6) is 0.212. The Morgan fingerprint density at radius 2 is 2.44 bits per heavy atom. The van der Waals surface area contributed by atoms with E-state index in [2.05, 4.69) is 10.2 Å². The first kappa shape index (κ1) is 13.1. The summed E-state index contributed by atoms with van der Waals surface area (Å²) in [4.78, 5) is 13.9. The van der Waals surface area contributed by atoms with E-state index in [9.17, 15) is 4.79 Å². The van der Waals surface area contributed by atoms with Gasteiger partial charge in [-0.2, -0.15) is 5.10 Å². The molecule has 0 aromatic carbocycles. The van der Waals surface area contributed by atoms with Crippen LogP contribution in [0, 0.1) is 6.92 Å². The highest BCUT2D eigenvalue weighted by Crippen LogP contribution is 2.30. The van der Waals surface area contributed by atoms with Crippen LogP contribution in [0.4, 0.5) is 0 Å². The van der Waals surface area contributed by atoms with Gasteiger partial charge < -0.3 is 9.64 Å². The highest BCUT2D eigenvalue weighted by atomic mass is 16.5. The maximum absolute atomic E-state index is 12.0. The summed E-state index contributed by atoms with van der Waals surface area (Å²) in [7, 11) is 0. The van der Waals surface area contributed by atoms with Crippen molar-refractivity contribution in [1.82, 2.24) is 15.1 Å². The number of hydrogen-bond donors (Lipinski definition) is 1. The van der Waals surface area contributed by atoms with Crippen LogP contribution < -0.4 is 0 Å². The van der Waals surface area contributed by atoms with Gasteiger partial charge in [-0.05, 0) is 25.8 Å². The maximum atomic E-state index is 12.0. The summed E-state index contributed by atoms with van der Waals surface area (Å²) < 4.78 is 5.88. The van der Waals surface area contributed by atoms with E-state index in [1.165, 1.54) is 0 Å². The van der Waals surface area contributed by atoms with Gasteiger partial charge in [-0.3, -0.25) is 9.89 Å². The molecule has 1 aliphatic heterocycles. The van der Waals surface area contributed by atoms with Crippen LogP contribution >= 0.6 is 0 Å². The predicted octanol–water partition coefficient (Wildman–Crippen LogP) is 1.59. The van der Waals surface area contributed by atoms with Gasteiger partial charge in [0.15, 0.2) is 0 Å². The number of amides is 1. The van der Waals surface area contributed by atoms with Crippen molar-refractivity contribution in [3.63, 3.8) is 0 Å². The Kier molecular flexibility index (Phi) is 3.71. The van der Waals surface area contributed by atoms with Gasteiger partial charge in [-0.1, -0.05) is 6.92 Å². The number of morpholine rings is 1. The summed E-state index contributed by atoms with van der Waals surface area (Å²) in [5.41, 5.74) is 1.57. The lowest BCUT2D eigenvalue weighted by Gasteiger charge is -2.40.